The summed E-state index contributed by atoms with van der Waals surface area (Å²) < 4.78 is 4.25. The lowest BCUT2D eigenvalue weighted by Crippen LogP contribution is -1.82. The van der Waals surface area contributed by atoms with Crippen molar-refractivity contribution in [3.63, 3.8) is 0 Å². The van der Waals surface area contributed by atoms with E-state index in [0.717, 1.165) is 0 Å². The second-order valence-corrected chi connectivity index (χ2v) is 5.65. The van der Waals surface area contributed by atoms with Crippen LogP contribution >= 0.6 is 0 Å². The van der Waals surface area contributed by atoms with Gasteiger partial charge in [-0.3, -0.25) is 0 Å². The quantitative estimate of drug-likeness (QED) is 0.337. The first kappa shape index (κ1) is 21.3. The SMILES string of the molecule is CCCCCCCCCCCCCCCC.COC. The molecule has 1 heteroatoms. The molecule has 0 saturated carbocycles. The predicted octanol–water partition coefficient (Wildman–Crippen LogP) is 6.75. The molecule has 19 heavy (non-hydrogen) atoms. The van der Waals surface area contributed by atoms with Gasteiger partial charge in [-0.25, -0.2) is 0 Å². The van der Waals surface area contributed by atoms with E-state index in [1.165, 1.54) is 89.9 Å². The number of hydrogen-bond acceptors (Lipinski definition) is 1. The van der Waals surface area contributed by atoms with E-state index in [2.05, 4.69) is 18.6 Å². The molecule has 1 nitrogen and oxygen atoms in total. The van der Waals surface area contributed by atoms with Crippen LogP contribution in [-0.4, -0.2) is 14.2 Å². The van der Waals surface area contributed by atoms with Crippen LogP contribution in [0.1, 0.15) is 104 Å². The molecule has 0 aliphatic rings. The maximum atomic E-state index is 4.25. The minimum Gasteiger partial charge on any atom is -0.388 e. The minimum atomic E-state index is 1.37. The summed E-state index contributed by atoms with van der Waals surface area (Å²) in [6.07, 6.45) is 20.4. The highest BCUT2D eigenvalue weighted by atomic mass is 16.4. The molecular weight excluding hydrogens is 232 g/mol. The summed E-state index contributed by atoms with van der Waals surface area (Å²) in [5.74, 6) is 0. The van der Waals surface area contributed by atoms with Gasteiger partial charge in [0.2, 0.25) is 0 Å². The lowest BCUT2D eigenvalue weighted by Gasteiger charge is -2.02. The summed E-state index contributed by atoms with van der Waals surface area (Å²) in [6.45, 7) is 4.58. The summed E-state index contributed by atoms with van der Waals surface area (Å²) in [5, 5.41) is 0. The molecule has 0 aromatic heterocycles. The Labute approximate surface area is 123 Å². The number of unbranched alkanes of at least 4 members (excludes halogenated alkanes) is 13. The number of methoxy groups -OCH3 is 1. The van der Waals surface area contributed by atoms with Crippen molar-refractivity contribution in [3.05, 3.63) is 0 Å². The zero-order chi connectivity index (χ0) is 14.6. The van der Waals surface area contributed by atoms with Crippen LogP contribution in [0.2, 0.25) is 0 Å². The van der Waals surface area contributed by atoms with Gasteiger partial charge < -0.3 is 4.74 Å². The van der Waals surface area contributed by atoms with Crippen LogP contribution in [0.5, 0.6) is 0 Å². The van der Waals surface area contributed by atoms with Crippen molar-refractivity contribution in [3.8, 4) is 0 Å². The van der Waals surface area contributed by atoms with Gasteiger partial charge in [0, 0.05) is 14.2 Å². The fourth-order valence-electron chi connectivity index (χ4n) is 2.27. The molecule has 0 aromatic carbocycles. The van der Waals surface area contributed by atoms with Gasteiger partial charge in [0.15, 0.2) is 0 Å². The second-order valence-electron chi connectivity index (χ2n) is 5.65. The van der Waals surface area contributed by atoms with Gasteiger partial charge in [-0.2, -0.15) is 0 Å². The normalized spacial score (nSPS) is 10.1. The van der Waals surface area contributed by atoms with E-state index < -0.39 is 0 Å². The van der Waals surface area contributed by atoms with Crippen LogP contribution in [0.4, 0.5) is 0 Å². The molecule has 0 saturated heterocycles. The molecule has 0 aliphatic heterocycles. The van der Waals surface area contributed by atoms with Crippen molar-refractivity contribution in [2.45, 2.75) is 104 Å². The third kappa shape index (κ3) is 27.2. The summed E-state index contributed by atoms with van der Waals surface area (Å²) in [5.41, 5.74) is 0. The topological polar surface area (TPSA) is 9.23 Å². The Hall–Kier alpha value is -0.0400. The van der Waals surface area contributed by atoms with Crippen molar-refractivity contribution in [2.75, 3.05) is 14.2 Å². The van der Waals surface area contributed by atoms with Crippen molar-refractivity contribution in [2.24, 2.45) is 0 Å². The minimum absolute atomic E-state index is 1.37. The molecule has 0 heterocycles. The van der Waals surface area contributed by atoms with E-state index in [4.69, 9.17) is 0 Å². The maximum absolute atomic E-state index is 4.25. The predicted molar refractivity (Wildman–Crippen MR) is 88.9 cm³/mol. The number of ether oxygens (including phenoxy) is 1. The van der Waals surface area contributed by atoms with Gasteiger partial charge in [0.05, 0.1) is 0 Å². The average molecular weight is 273 g/mol. The van der Waals surface area contributed by atoms with Gasteiger partial charge >= 0.3 is 0 Å². The molecule has 118 valence electrons. The lowest BCUT2D eigenvalue weighted by molar-refractivity contribution is 0.277. The van der Waals surface area contributed by atoms with E-state index in [-0.39, 0.29) is 0 Å². The van der Waals surface area contributed by atoms with Crippen LogP contribution < -0.4 is 0 Å². The Morgan fingerprint density at radius 3 is 0.737 bits per heavy atom. The smallest absolute Gasteiger partial charge is 0.0351 e. The van der Waals surface area contributed by atoms with E-state index in [1.807, 2.05) is 0 Å². The van der Waals surface area contributed by atoms with Crippen molar-refractivity contribution >= 4 is 0 Å². The van der Waals surface area contributed by atoms with Crippen molar-refractivity contribution in [1.82, 2.24) is 0 Å². The van der Waals surface area contributed by atoms with E-state index in [0.29, 0.717) is 0 Å². The van der Waals surface area contributed by atoms with E-state index in [9.17, 15) is 0 Å². The fraction of sp³-hybridized carbons (Fsp3) is 1.00. The molecule has 0 amide bonds. The Kier molecular flexibility index (Phi) is 25.8. The van der Waals surface area contributed by atoms with Gasteiger partial charge in [-0.1, -0.05) is 104 Å². The van der Waals surface area contributed by atoms with Crippen LogP contribution in [0.25, 0.3) is 0 Å². The van der Waals surface area contributed by atoms with Crippen LogP contribution in [-0.2, 0) is 4.74 Å². The van der Waals surface area contributed by atoms with Gasteiger partial charge in [0.1, 0.15) is 0 Å². The largest absolute Gasteiger partial charge is 0.388 e. The molecular formula is C18H40O. The zero-order valence-electron chi connectivity index (χ0n) is 14.3. The Balaban J connectivity index is 0. The van der Waals surface area contributed by atoms with Crippen LogP contribution in [0.15, 0.2) is 0 Å². The molecule has 0 aromatic rings. The molecule has 0 N–H and O–H groups in total. The Morgan fingerprint density at radius 2 is 0.579 bits per heavy atom. The first-order chi connectivity index (χ1) is 9.33. The third-order valence-corrected chi connectivity index (χ3v) is 3.46. The average Bonchev–Trinajstić information content (AvgIpc) is 2.41. The van der Waals surface area contributed by atoms with Crippen LogP contribution in [0, 0.1) is 0 Å². The summed E-state index contributed by atoms with van der Waals surface area (Å²) in [7, 11) is 3.25. The third-order valence-electron chi connectivity index (χ3n) is 3.46. The van der Waals surface area contributed by atoms with E-state index in [1.54, 1.807) is 14.2 Å². The maximum Gasteiger partial charge on any atom is 0.0351 e. The highest BCUT2D eigenvalue weighted by molar-refractivity contribution is 4.48. The molecule has 0 radical (unpaired) electrons. The van der Waals surface area contributed by atoms with Gasteiger partial charge in [-0.05, 0) is 0 Å². The molecule has 0 unspecified atom stereocenters. The van der Waals surface area contributed by atoms with Crippen molar-refractivity contribution < 1.29 is 4.74 Å². The Bertz CT molecular complexity index is 109. The van der Waals surface area contributed by atoms with Crippen molar-refractivity contribution in [1.29, 1.82) is 0 Å². The first-order valence-corrected chi connectivity index (χ1v) is 8.73. The lowest BCUT2D eigenvalue weighted by atomic mass is 10.0. The zero-order valence-corrected chi connectivity index (χ0v) is 14.3. The summed E-state index contributed by atoms with van der Waals surface area (Å²) in [6, 6.07) is 0. The standard InChI is InChI=1S/C16H34.C2H6O/c1-3-5-7-9-11-13-15-16-14-12-10-8-6-4-2;1-3-2/h3-16H2,1-2H3;1-2H3. The Morgan fingerprint density at radius 1 is 0.421 bits per heavy atom. The number of hydrogen-bond donors (Lipinski definition) is 0. The van der Waals surface area contributed by atoms with Crippen LogP contribution in [0.3, 0.4) is 0 Å². The highest BCUT2D eigenvalue weighted by Gasteiger charge is 1.92. The molecule has 0 bridgehead atoms. The van der Waals surface area contributed by atoms with Gasteiger partial charge in [-0.15, -0.1) is 0 Å². The fourth-order valence-corrected chi connectivity index (χ4v) is 2.27. The monoisotopic (exact) mass is 272 g/mol. The summed E-state index contributed by atoms with van der Waals surface area (Å²) >= 11 is 0. The van der Waals surface area contributed by atoms with Gasteiger partial charge in [0.25, 0.3) is 0 Å². The molecule has 0 fully saturated rings. The molecule has 0 spiro atoms. The molecule has 0 aliphatic carbocycles. The highest BCUT2D eigenvalue weighted by Crippen LogP contribution is 2.12. The molecule has 0 atom stereocenters. The number of rotatable bonds is 13. The molecule has 0 rings (SSSR count). The second kappa shape index (κ2) is 23.1. The van der Waals surface area contributed by atoms with E-state index >= 15 is 0 Å². The first-order valence-electron chi connectivity index (χ1n) is 8.73. The summed E-state index contributed by atoms with van der Waals surface area (Å²) in [4.78, 5) is 0.